The molecule has 1 saturated heterocycles. The lowest BCUT2D eigenvalue weighted by Gasteiger charge is -2.40. The maximum Gasteiger partial charge on any atom is 0.0110 e. The standard InChI is InChI=1S/C19H34N2/c1-2-6-19(17(5-1)18-7-3-4-10-20-18)21-13-16-12-14-8-9-15(16)11-14/h14-21H,1-13H2. The SMILES string of the molecule is C1CCC(C2CCCCC2NCC2CC3CCC2C3)NC1. The molecule has 0 aromatic carbocycles. The van der Waals surface area contributed by atoms with Gasteiger partial charge >= 0.3 is 0 Å². The molecule has 0 amide bonds. The Morgan fingerprint density at radius 2 is 1.76 bits per heavy atom. The number of piperidine rings is 1. The Hall–Kier alpha value is -0.0800. The molecule has 2 nitrogen and oxygen atoms in total. The molecule has 1 aliphatic heterocycles. The van der Waals surface area contributed by atoms with Crippen LogP contribution in [0.3, 0.4) is 0 Å². The molecule has 3 aliphatic carbocycles. The topological polar surface area (TPSA) is 24.1 Å². The van der Waals surface area contributed by atoms with Gasteiger partial charge in [-0.3, -0.25) is 0 Å². The van der Waals surface area contributed by atoms with Crippen molar-refractivity contribution < 1.29 is 0 Å². The smallest absolute Gasteiger partial charge is 0.0110 e. The van der Waals surface area contributed by atoms with Crippen LogP contribution in [0.25, 0.3) is 0 Å². The largest absolute Gasteiger partial charge is 0.314 e. The zero-order chi connectivity index (χ0) is 14.1. The summed E-state index contributed by atoms with van der Waals surface area (Å²) < 4.78 is 0. The quantitative estimate of drug-likeness (QED) is 0.824. The Kier molecular flexibility index (Phi) is 4.55. The maximum atomic E-state index is 4.06. The van der Waals surface area contributed by atoms with E-state index in [9.17, 15) is 0 Å². The van der Waals surface area contributed by atoms with Crippen LogP contribution in [0.1, 0.15) is 70.6 Å². The van der Waals surface area contributed by atoms with Crippen LogP contribution in [0.15, 0.2) is 0 Å². The van der Waals surface area contributed by atoms with Crippen LogP contribution in [-0.2, 0) is 0 Å². The van der Waals surface area contributed by atoms with Crippen LogP contribution in [0, 0.1) is 23.7 Å². The number of hydrogen-bond donors (Lipinski definition) is 2. The van der Waals surface area contributed by atoms with Gasteiger partial charge in [0.2, 0.25) is 0 Å². The highest BCUT2D eigenvalue weighted by Gasteiger charge is 2.40. The van der Waals surface area contributed by atoms with E-state index < -0.39 is 0 Å². The van der Waals surface area contributed by atoms with Crippen molar-refractivity contribution in [1.82, 2.24) is 10.6 Å². The molecule has 2 heteroatoms. The van der Waals surface area contributed by atoms with E-state index in [-0.39, 0.29) is 0 Å². The minimum atomic E-state index is 0.813. The van der Waals surface area contributed by atoms with E-state index in [0.717, 1.165) is 35.8 Å². The van der Waals surface area contributed by atoms with Crippen molar-refractivity contribution in [3.8, 4) is 0 Å². The summed E-state index contributed by atoms with van der Waals surface area (Å²) in [7, 11) is 0. The van der Waals surface area contributed by atoms with E-state index in [1.807, 2.05) is 0 Å². The third kappa shape index (κ3) is 3.17. The first-order valence-electron chi connectivity index (χ1n) is 9.87. The summed E-state index contributed by atoms with van der Waals surface area (Å²) >= 11 is 0. The summed E-state index contributed by atoms with van der Waals surface area (Å²) in [5.41, 5.74) is 0. The lowest BCUT2D eigenvalue weighted by molar-refractivity contribution is 0.171. The average Bonchev–Trinajstić information content (AvgIpc) is 3.17. The molecular formula is C19H34N2. The van der Waals surface area contributed by atoms with E-state index in [0.29, 0.717) is 0 Å². The Morgan fingerprint density at radius 3 is 2.52 bits per heavy atom. The van der Waals surface area contributed by atoms with E-state index >= 15 is 0 Å². The van der Waals surface area contributed by atoms with Gasteiger partial charge in [-0.1, -0.05) is 25.7 Å². The molecule has 0 aromatic heterocycles. The van der Waals surface area contributed by atoms with Gasteiger partial charge in [0.25, 0.3) is 0 Å². The van der Waals surface area contributed by atoms with Gasteiger partial charge in [-0.2, -0.15) is 0 Å². The molecule has 4 rings (SSSR count). The number of fused-ring (bicyclic) bond motifs is 2. The summed E-state index contributed by atoms with van der Waals surface area (Å²) in [6, 6.07) is 1.63. The van der Waals surface area contributed by atoms with Gasteiger partial charge in [0.1, 0.15) is 0 Å². The van der Waals surface area contributed by atoms with Crippen molar-refractivity contribution in [3.05, 3.63) is 0 Å². The summed E-state index contributed by atoms with van der Waals surface area (Å²) in [5, 5.41) is 7.89. The molecule has 2 N–H and O–H groups in total. The zero-order valence-electron chi connectivity index (χ0n) is 13.7. The predicted molar refractivity (Wildman–Crippen MR) is 88.3 cm³/mol. The molecule has 6 unspecified atom stereocenters. The summed E-state index contributed by atoms with van der Waals surface area (Å²) in [5.74, 6) is 4.12. The Bertz CT molecular complexity index is 336. The van der Waals surface area contributed by atoms with Gasteiger partial charge in [-0.05, 0) is 81.7 Å². The maximum absolute atomic E-state index is 4.06. The molecular weight excluding hydrogens is 256 g/mol. The first kappa shape index (κ1) is 14.5. The van der Waals surface area contributed by atoms with Gasteiger partial charge in [0, 0.05) is 12.1 Å². The van der Waals surface area contributed by atoms with Crippen molar-refractivity contribution in [2.75, 3.05) is 13.1 Å². The lowest BCUT2D eigenvalue weighted by Crippen LogP contribution is -2.51. The molecule has 0 radical (unpaired) electrons. The monoisotopic (exact) mass is 290 g/mol. The fourth-order valence-corrected chi connectivity index (χ4v) is 6.07. The van der Waals surface area contributed by atoms with Crippen molar-refractivity contribution in [2.24, 2.45) is 23.7 Å². The first-order valence-corrected chi connectivity index (χ1v) is 9.87. The number of rotatable bonds is 4. The normalized spacial score (nSPS) is 46.9. The lowest BCUT2D eigenvalue weighted by atomic mass is 9.77. The van der Waals surface area contributed by atoms with Gasteiger partial charge in [0.15, 0.2) is 0 Å². The van der Waals surface area contributed by atoms with E-state index in [1.54, 1.807) is 12.8 Å². The van der Waals surface area contributed by atoms with Crippen molar-refractivity contribution in [2.45, 2.75) is 82.7 Å². The van der Waals surface area contributed by atoms with E-state index in [2.05, 4.69) is 10.6 Å². The molecule has 0 spiro atoms. The first-order chi connectivity index (χ1) is 10.4. The molecule has 4 fully saturated rings. The number of hydrogen-bond acceptors (Lipinski definition) is 2. The summed E-state index contributed by atoms with van der Waals surface area (Å²) in [6.45, 7) is 2.59. The molecule has 2 bridgehead atoms. The molecule has 120 valence electrons. The van der Waals surface area contributed by atoms with Crippen LogP contribution >= 0.6 is 0 Å². The predicted octanol–water partition coefficient (Wildman–Crippen LogP) is 3.71. The highest BCUT2D eigenvalue weighted by molar-refractivity contribution is 4.94. The highest BCUT2D eigenvalue weighted by atomic mass is 15.0. The summed E-state index contributed by atoms with van der Waals surface area (Å²) in [6.07, 6.45) is 16.3. The molecule has 4 aliphatic rings. The van der Waals surface area contributed by atoms with E-state index in [1.165, 1.54) is 70.9 Å². The van der Waals surface area contributed by atoms with E-state index in [4.69, 9.17) is 0 Å². The summed E-state index contributed by atoms with van der Waals surface area (Å²) in [4.78, 5) is 0. The van der Waals surface area contributed by atoms with Gasteiger partial charge < -0.3 is 10.6 Å². The Labute approximate surface area is 130 Å². The minimum absolute atomic E-state index is 0.813. The van der Waals surface area contributed by atoms with Crippen molar-refractivity contribution in [3.63, 3.8) is 0 Å². The second kappa shape index (κ2) is 6.58. The molecule has 3 saturated carbocycles. The molecule has 0 aromatic rings. The zero-order valence-corrected chi connectivity index (χ0v) is 13.7. The van der Waals surface area contributed by atoms with Crippen molar-refractivity contribution in [1.29, 1.82) is 0 Å². The fourth-order valence-electron chi connectivity index (χ4n) is 6.07. The molecule has 6 atom stereocenters. The molecule has 21 heavy (non-hydrogen) atoms. The minimum Gasteiger partial charge on any atom is -0.314 e. The Balaban J connectivity index is 1.31. The van der Waals surface area contributed by atoms with Gasteiger partial charge in [-0.25, -0.2) is 0 Å². The average molecular weight is 290 g/mol. The van der Waals surface area contributed by atoms with Crippen LogP contribution in [0.5, 0.6) is 0 Å². The van der Waals surface area contributed by atoms with Crippen LogP contribution in [0.4, 0.5) is 0 Å². The second-order valence-corrected chi connectivity index (χ2v) is 8.45. The van der Waals surface area contributed by atoms with Crippen molar-refractivity contribution >= 4 is 0 Å². The fraction of sp³-hybridized carbons (Fsp3) is 1.00. The molecule has 1 heterocycles. The third-order valence-corrected chi connectivity index (χ3v) is 7.21. The Morgan fingerprint density at radius 1 is 0.857 bits per heavy atom. The van der Waals surface area contributed by atoms with Gasteiger partial charge in [0.05, 0.1) is 0 Å². The van der Waals surface area contributed by atoms with Crippen LogP contribution in [-0.4, -0.2) is 25.2 Å². The van der Waals surface area contributed by atoms with Crippen LogP contribution in [0.2, 0.25) is 0 Å². The third-order valence-electron chi connectivity index (χ3n) is 7.21. The highest BCUT2D eigenvalue weighted by Crippen LogP contribution is 2.48. The second-order valence-electron chi connectivity index (χ2n) is 8.45. The van der Waals surface area contributed by atoms with Gasteiger partial charge in [-0.15, -0.1) is 0 Å². The van der Waals surface area contributed by atoms with Crippen LogP contribution < -0.4 is 10.6 Å². The number of nitrogens with one attached hydrogen (secondary N) is 2.